The summed E-state index contributed by atoms with van der Waals surface area (Å²) in [5, 5.41) is 8.19. The normalized spacial score (nSPS) is 10.9. The summed E-state index contributed by atoms with van der Waals surface area (Å²) in [5.41, 5.74) is 5.87. The summed E-state index contributed by atoms with van der Waals surface area (Å²) in [7, 11) is 0. The molecule has 3 N–H and O–H groups in total. The standard InChI is InChI=1S/C13H12N4OS3/c14-11-9-3-5-20-12(9)17-13(16-11)21-7-10(18)15-6-8-2-1-4-19-8/h1-5H,6-7H2,(H,15,18)(H2,14,16,17). The molecule has 0 radical (unpaired) electrons. The van der Waals surface area contributed by atoms with Gasteiger partial charge in [0.2, 0.25) is 5.91 Å². The number of carbonyl (C=O) groups is 1. The number of hydrogen-bond donors (Lipinski definition) is 2. The number of nitrogens with zero attached hydrogens (tertiary/aromatic N) is 2. The van der Waals surface area contributed by atoms with Gasteiger partial charge < -0.3 is 11.1 Å². The number of thioether (sulfide) groups is 1. The fourth-order valence-electron chi connectivity index (χ4n) is 1.70. The van der Waals surface area contributed by atoms with Crippen molar-refractivity contribution in [2.75, 3.05) is 11.5 Å². The fourth-order valence-corrected chi connectivity index (χ4v) is 3.86. The average molecular weight is 336 g/mol. The minimum absolute atomic E-state index is 0.0400. The molecule has 0 spiro atoms. The molecule has 1 amide bonds. The van der Waals surface area contributed by atoms with Crippen LogP contribution >= 0.6 is 34.4 Å². The number of amides is 1. The van der Waals surface area contributed by atoms with Crippen molar-refractivity contribution in [3.63, 3.8) is 0 Å². The minimum Gasteiger partial charge on any atom is -0.383 e. The van der Waals surface area contributed by atoms with E-state index in [0.29, 0.717) is 17.5 Å². The van der Waals surface area contributed by atoms with Crippen LogP contribution in [0.15, 0.2) is 34.1 Å². The van der Waals surface area contributed by atoms with Gasteiger partial charge in [0.1, 0.15) is 10.6 Å². The first kappa shape index (κ1) is 14.3. The number of nitrogens with two attached hydrogens (primary N) is 1. The molecule has 21 heavy (non-hydrogen) atoms. The molecule has 5 nitrogen and oxygen atoms in total. The van der Waals surface area contributed by atoms with Gasteiger partial charge in [-0.1, -0.05) is 17.8 Å². The number of fused-ring (bicyclic) bond motifs is 1. The highest BCUT2D eigenvalue weighted by atomic mass is 32.2. The molecule has 0 fully saturated rings. The number of nitrogens with one attached hydrogen (secondary N) is 1. The van der Waals surface area contributed by atoms with Crippen molar-refractivity contribution in [2.45, 2.75) is 11.7 Å². The van der Waals surface area contributed by atoms with Crippen LogP contribution in [0.3, 0.4) is 0 Å². The number of rotatable bonds is 5. The highest BCUT2D eigenvalue weighted by Gasteiger charge is 2.09. The molecule has 108 valence electrons. The Kier molecular flexibility index (Phi) is 4.37. The Morgan fingerprint density at radius 2 is 2.19 bits per heavy atom. The maximum atomic E-state index is 11.8. The van der Waals surface area contributed by atoms with Crippen molar-refractivity contribution in [1.29, 1.82) is 0 Å². The van der Waals surface area contributed by atoms with Gasteiger partial charge in [0, 0.05) is 4.88 Å². The highest BCUT2D eigenvalue weighted by Crippen LogP contribution is 2.26. The topological polar surface area (TPSA) is 80.9 Å². The lowest BCUT2D eigenvalue weighted by molar-refractivity contribution is -0.118. The van der Waals surface area contributed by atoms with E-state index in [1.807, 2.05) is 29.0 Å². The van der Waals surface area contributed by atoms with Gasteiger partial charge in [-0.05, 0) is 22.9 Å². The van der Waals surface area contributed by atoms with Gasteiger partial charge in [0.05, 0.1) is 17.7 Å². The van der Waals surface area contributed by atoms with E-state index < -0.39 is 0 Å². The second kappa shape index (κ2) is 6.42. The van der Waals surface area contributed by atoms with E-state index in [1.165, 1.54) is 23.1 Å². The van der Waals surface area contributed by atoms with Crippen LogP contribution in [0.5, 0.6) is 0 Å². The van der Waals surface area contributed by atoms with Gasteiger partial charge in [-0.15, -0.1) is 22.7 Å². The summed E-state index contributed by atoms with van der Waals surface area (Å²) in [6, 6.07) is 5.86. The second-order valence-electron chi connectivity index (χ2n) is 4.18. The lowest BCUT2D eigenvalue weighted by Gasteiger charge is -2.04. The molecule has 0 aromatic carbocycles. The number of hydrogen-bond acceptors (Lipinski definition) is 7. The van der Waals surface area contributed by atoms with Crippen LogP contribution in [0.1, 0.15) is 4.88 Å². The molecule has 0 atom stereocenters. The lowest BCUT2D eigenvalue weighted by atomic mass is 10.4. The lowest BCUT2D eigenvalue weighted by Crippen LogP contribution is -2.24. The molecule has 3 aromatic rings. The number of carbonyl (C=O) groups excluding carboxylic acids is 1. The van der Waals surface area contributed by atoms with Crippen LogP contribution in [0.2, 0.25) is 0 Å². The molecule has 0 unspecified atom stereocenters. The van der Waals surface area contributed by atoms with Gasteiger partial charge in [0.15, 0.2) is 5.16 Å². The average Bonchev–Trinajstić information content (AvgIpc) is 3.14. The molecule has 0 aliphatic heterocycles. The molecule has 0 bridgehead atoms. The first-order valence-electron chi connectivity index (χ1n) is 6.15. The van der Waals surface area contributed by atoms with E-state index in [0.717, 1.165) is 15.1 Å². The predicted octanol–water partition coefficient (Wildman–Crippen LogP) is 2.74. The van der Waals surface area contributed by atoms with E-state index in [-0.39, 0.29) is 11.7 Å². The summed E-state index contributed by atoms with van der Waals surface area (Å²) in [5.74, 6) is 0.700. The van der Waals surface area contributed by atoms with Gasteiger partial charge in [-0.3, -0.25) is 4.79 Å². The Balaban J connectivity index is 1.57. The molecular formula is C13H12N4OS3. The quantitative estimate of drug-likeness (QED) is 0.553. The van der Waals surface area contributed by atoms with Crippen molar-refractivity contribution >= 4 is 56.4 Å². The zero-order valence-corrected chi connectivity index (χ0v) is 13.4. The van der Waals surface area contributed by atoms with Crippen molar-refractivity contribution in [1.82, 2.24) is 15.3 Å². The monoisotopic (exact) mass is 336 g/mol. The van der Waals surface area contributed by atoms with Crippen LogP contribution in [-0.4, -0.2) is 21.6 Å². The Morgan fingerprint density at radius 3 is 3.00 bits per heavy atom. The molecule has 0 saturated heterocycles. The van der Waals surface area contributed by atoms with Crippen LogP contribution in [0.4, 0.5) is 5.82 Å². The van der Waals surface area contributed by atoms with Crippen LogP contribution in [0.25, 0.3) is 10.2 Å². The first-order chi connectivity index (χ1) is 10.2. The van der Waals surface area contributed by atoms with Crippen LogP contribution < -0.4 is 11.1 Å². The van der Waals surface area contributed by atoms with E-state index in [9.17, 15) is 4.79 Å². The number of aromatic nitrogens is 2. The third-order valence-corrected chi connectivity index (χ3v) is 5.24. The van der Waals surface area contributed by atoms with Gasteiger partial charge in [0.25, 0.3) is 0 Å². The zero-order valence-electron chi connectivity index (χ0n) is 10.9. The molecule has 0 aliphatic carbocycles. The molecule has 8 heteroatoms. The number of anilines is 1. The maximum absolute atomic E-state index is 11.8. The van der Waals surface area contributed by atoms with Crippen LogP contribution in [0, 0.1) is 0 Å². The van der Waals surface area contributed by atoms with Crippen molar-refractivity contribution in [2.24, 2.45) is 0 Å². The van der Waals surface area contributed by atoms with Crippen molar-refractivity contribution in [3.8, 4) is 0 Å². The Morgan fingerprint density at radius 1 is 1.29 bits per heavy atom. The summed E-state index contributed by atoms with van der Waals surface area (Å²) in [4.78, 5) is 22.4. The SMILES string of the molecule is Nc1nc(SCC(=O)NCc2cccs2)nc2sccc12. The van der Waals surface area contributed by atoms with Gasteiger partial charge >= 0.3 is 0 Å². The summed E-state index contributed by atoms with van der Waals surface area (Å²) < 4.78 is 0. The molecule has 3 rings (SSSR count). The summed E-state index contributed by atoms with van der Waals surface area (Å²) in [6.07, 6.45) is 0. The third-order valence-electron chi connectivity index (χ3n) is 2.71. The molecule has 3 heterocycles. The first-order valence-corrected chi connectivity index (χ1v) is 8.89. The minimum atomic E-state index is -0.0400. The second-order valence-corrected chi connectivity index (χ2v) is 7.04. The largest absolute Gasteiger partial charge is 0.383 e. The molecule has 3 aromatic heterocycles. The van der Waals surface area contributed by atoms with E-state index in [4.69, 9.17) is 5.73 Å². The summed E-state index contributed by atoms with van der Waals surface area (Å²) >= 11 is 4.43. The zero-order chi connectivity index (χ0) is 14.7. The van der Waals surface area contributed by atoms with E-state index >= 15 is 0 Å². The van der Waals surface area contributed by atoms with Crippen molar-refractivity contribution in [3.05, 3.63) is 33.8 Å². The number of nitrogen functional groups attached to an aromatic ring is 1. The molecule has 0 aliphatic rings. The predicted molar refractivity (Wildman–Crippen MR) is 88.7 cm³/mol. The Labute approximate surface area is 133 Å². The molecule has 0 saturated carbocycles. The Hall–Kier alpha value is -1.64. The van der Waals surface area contributed by atoms with Gasteiger partial charge in [-0.25, -0.2) is 9.97 Å². The number of thiophene rings is 2. The van der Waals surface area contributed by atoms with Crippen molar-refractivity contribution < 1.29 is 4.79 Å². The Bertz CT molecular complexity index is 754. The van der Waals surface area contributed by atoms with Gasteiger partial charge in [-0.2, -0.15) is 0 Å². The van der Waals surface area contributed by atoms with Crippen LogP contribution in [-0.2, 0) is 11.3 Å². The highest BCUT2D eigenvalue weighted by molar-refractivity contribution is 7.99. The smallest absolute Gasteiger partial charge is 0.230 e. The van der Waals surface area contributed by atoms with E-state index in [2.05, 4.69) is 15.3 Å². The molecular weight excluding hydrogens is 324 g/mol. The summed E-state index contributed by atoms with van der Waals surface area (Å²) in [6.45, 7) is 0.560. The maximum Gasteiger partial charge on any atom is 0.230 e. The third kappa shape index (κ3) is 3.52. The van der Waals surface area contributed by atoms with E-state index in [1.54, 1.807) is 11.3 Å². The fraction of sp³-hybridized carbons (Fsp3) is 0.154.